The molecule has 0 spiro atoms. The van der Waals surface area contributed by atoms with Crippen LogP contribution in [0.2, 0.25) is 0 Å². The van der Waals surface area contributed by atoms with E-state index in [4.69, 9.17) is 0 Å². The molecule has 0 unspecified atom stereocenters. The van der Waals surface area contributed by atoms with Crippen LogP contribution in [-0.4, -0.2) is 38.3 Å². The van der Waals surface area contributed by atoms with Gasteiger partial charge in [-0.05, 0) is 11.6 Å². The van der Waals surface area contributed by atoms with Gasteiger partial charge in [-0.2, -0.15) is 5.10 Å². The third-order valence-corrected chi connectivity index (χ3v) is 6.11. The zero-order valence-electron chi connectivity index (χ0n) is 15.8. The van der Waals surface area contributed by atoms with E-state index >= 15 is 0 Å². The Morgan fingerprint density at radius 1 is 1.22 bits per heavy atom. The number of nitrogens with zero attached hydrogens (tertiary/aromatic N) is 5. The van der Waals surface area contributed by atoms with Crippen molar-refractivity contribution in [2.75, 3.05) is 17.7 Å². The maximum Gasteiger partial charge on any atom is 0.167 e. The molecule has 1 aliphatic rings. The van der Waals surface area contributed by atoms with E-state index in [1.807, 2.05) is 26.2 Å². The lowest BCUT2D eigenvalue weighted by atomic mass is 9.83. The predicted molar refractivity (Wildman–Crippen MR) is 108 cm³/mol. The van der Waals surface area contributed by atoms with Crippen molar-refractivity contribution in [3.05, 3.63) is 54.1 Å². The molecule has 0 bridgehead atoms. The van der Waals surface area contributed by atoms with E-state index in [9.17, 15) is 4.79 Å². The number of carbonyl (C=O) groups is 1. The zero-order chi connectivity index (χ0) is 19.2. The number of allylic oxidation sites excluding steroid dienone is 2. The van der Waals surface area contributed by atoms with Crippen LogP contribution in [0.4, 0.5) is 5.69 Å². The van der Waals surface area contributed by atoms with Gasteiger partial charge < -0.3 is 4.90 Å². The summed E-state index contributed by atoms with van der Waals surface area (Å²) in [7, 11) is 3.86. The lowest BCUT2D eigenvalue weighted by molar-refractivity contribution is -0.112. The summed E-state index contributed by atoms with van der Waals surface area (Å²) in [6.45, 7) is 4.32. The molecule has 0 amide bonds. The number of thioether (sulfide) groups is 1. The molecule has 0 fully saturated rings. The summed E-state index contributed by atoms with van der Waals surface area (Å²) < 4.78 is 1.71. The fourth-order valence-electron chi connectivity index (χ4n) is 3.65. The normalized spacial score (nSPS) is 16.9. The molecule has 2 aromatic heterocycles. The third-order valence-electron chi connectivity index (χ3n) is 5.08. The number of anilines is 1. The number of para-hydroxylation sites is 1. The number of aryl methyl sites for hydroxylation is 1. The molecule has 0 atom stereocenters. The van der Waals surface area contributed by atoms with Gasteiger partial charge in [0.2, 0.25) is 0 Å². The minimum atomic E-state index is -0.197. The Bertz CT molecular complexity index is 1070. The average Bonchev–Trinajstić information content (AvgIpc) is 3.13. The fourth-order valence-corrected chi connectivity index (χ4v) is 4.43. The quantitative estimate of drug-likeness (QED) is 0.394. The Labute approximate surface area is 162 Å². The van der Waals surface area contributed by atoms with E-state index in [-0.39, 0.29) is 11.2 Å². The molecule has 27 heavy (non-hydrogen) atoms. The first kappa shape index (κ1) is 17.7. The average molecular weight is 379 g/mol. The molecule has 138 valence electrons. The maximum absolute atomic E-state index is 12.7. The second-order valence-electron chi connectivity index (χ2n) is 7.17. The zero-order valence-corrected chi connectivity index (χ0v) is 16.6. The number of ketones is 1. The third kappa shape index (κ3) is 2.92. The number of fused-ring (bicyclic) bond motifs is 2. The minimum Gasteiger partial charge on any atom is -0.347 e. The van der Waals surface area contributed by atoms with Gasteiger partial charge in [0.05, 0.1) is 17.3 Å². The highest BCUT2D eigenvalue weighted by molar-refractivity contribution is 8.00. The van der Waals surface area contributed by atoms with E-state index in [2.05, 4.69) is 45.9 Å². The van der Waals surface area contributed by atoms with E-state index in [1.54, 1.807) is 17.0 Å². The highest BCUT2D eigenvalue weighted by Gasteiger charge is 2.38. The van der Waals surface area contributed by atoms with Crippen LogP contribution in [0.25, 0.3) is 11.0 Å². The molecular formula is C20H21N5OS. The largest absolute Gasteiger partial charge is 0.347 e. The highest BCUT2D eigenvalue weighted by atomic mass is 32.2. The number of hydrogen-bond donors (Lipinski definition) is 0. The van der Waals surface area contributed by atoms with Gasteiger partial charge >= 0.3 is 0 Å². The van der Waals surface area contributed by atoms with Gasteiger partial charge in [-0.1, -0.05) is 43.8 Å². The predicted octanol–water partition coefficient (Wildman–Crippen LogP) is 3.34. The van der Waals surface area contributed by atoms with E-state index < -0.39 is 0 Å². The fraction of sp³-hybridized carbons (Fsp3) is 0.300. The van der Waals surface area contributed by atoms with Crippen LogP contribution in [0, 0.1) is 0 Å². The van der Waals surface area contributed by atoms with Crippen LogP contribution in [0.5, 0.6) is 0 Å². The molecule has 1 aliphatic heterocycles. The van der Waals surface area contributed by atoms with Crippen LogP contribution in [0.15, 0.2) is 53.6 Å². The molecule has 0 N–H and O–H groups in total. The number of carbonyl (C=O) groups excluding carboxylic acids is 1. The lowest BCUT2D eigenvalue weighted by Crippen LogP contribution is -2.24. The van der Waals surface area contributed by atoms with E-state index in [0.29, 0.717) is 5.75 Å². The molecule has 0 saturated heterocycles. The topological polar surface area (TPSA) is 63.9 Å². The summed E-state index contributed by atoms with van der Waals surface area (Å²) in [5.41, 5.74) is 3.99. The van der Waals surface area contributed by atoms with Crippen molar-refractivity contribution < 1.29 is 4.79 Å². The Balaban J connectivity index is 1.56. The molecule has 4 rings (SSSR count). The van der Waals surface area contributed by atoms with Crippen molar-refractivity contribution in [3.8, 4) is 0 Å². The molecule has 7 heteroatoms. The standard InChI is InChI=1S/C20H21N5OS/c1-20(2)15-7-5-6-8-16(15)24(3)17(20)9-13(26)11-27-19-14-10-23-25(4)18(14)21-12-22-19/h5-10,12H,11H2,1-4H3. The Hall–Kier alpha value is -2.67. The molecule has 1 aromatic carbocycles. The number of aromatic nitrogens is 4. The van der Waals surface area contributed by atoms with Crippen molar-refractivity contribution in [3.63, 3.8) is 0 Å². The van der Waals surface area contributed by atoms with E-state index in [0.717, 1.165) is 27.4 Å². The first-order valence-electron chi connectivity index (χ1n) is 8.73. The first-order chi connectivity index (χ1) is 12.9. The van der Waals surface area contributed by atoms with Crippen LogP contribution >= 0.6 is 11.8 Å². The van der Waals surface area contributed by atoms with Crippen molar-refractivity contribution in [2.45, 2.75) is 24.3 Å². The number of benzene rings is 1. The van der Waals surface area contributed by atoms with Gasteiger partial charge in [0, 0.05) is 37.0 Å². The highest BCUT2D eigenvalue weighted by Crippen LogP contribution is 2.46. The van der Waals surface area contributed by atoms with Crippen LogP contribution in [-0.2, 0) is 17.3 Å². The minimum absolute atomic E-state index is 0.0679. The molecule has 3 heterocycles. The Morgan fingerprint density at radius 3 is 2.78 bits per heavy atom. The lowest BCUT2D eigenvalue weighted by Gasteiger charge is -2.23. The van der Waals surface area contributed by atoms with Gasteiger partial charge in [-0.25, -0.2) is 9.97 Å². The summed E-state index contributed by atoms with van der Waals surface area (Å²) in [5.74, 6) is 0.392. The van der Waals surface area contributed by atoms with E-state index in [1.165, 1.54) is 23.7 Å². The van der Waals surface area contributed by atoms with Gasteiger partial charge in [0.1, 0.15) is 11.4 Å². The van der Waals surface area contributed by atoms with Crippen LogP contribution < -0.4 is 4.90 Å². The summed E-state index contributed by atoms with van der Waals surface area (Å²) in [6.07, 6.45) is 5.03. The number of hydrogen-bond acceptors (Lipinski definition) is 6. The van der Waals surface area contributed by atoms with Gasteiger partial charge in [-0.15, -0.1) is 0 Å². The maximum atomic E-state index is 12.7. The monoisotopic (exact) mass is 379 g/mol. The Kier molecular flexibility index (Phi) is 4.26. The van der Waals surface area contributed by atoms with Gasteiger partial charge in [0.25, 0.3) is 0 Å². The van der Waals surface area contributed by atoms with Crippen molar-refractivity contribution in [1.82, 2.24) is 19.7 Å². The summed E-state index contributed by atoms with van der Waals surface area (Å²) in [5, 5.41) is 5.87. The van der Waals surface area contributed by atoms with Gasteiger partial charge in [0.15, 0.2) is 11.4 Å². The van der Waals surface area contributed by atoms with Crippen LogP contribution in [0.1, 0.15) is 19.4 Å². The molecule has 6 nitrogen and oxygen atoms in total. The second kappa shape index (κ2) is 6.49. The molecular weight excluding hydrogens is 358 g/mol. The summed E-state index contributed by atoms with van der Waals surface area (Å²) in [4.78, 5) is 23.4. The van der Waals surface area contributed by atoms with Crippen molar-refractivity contribution >= 4 is 34.3 Å². The number of likely N-dealkylation sites (N-methyl/N-ethyl adjacent to an activating group) is 1. The second-order valence-corrected chi connectivity index (χ2v) is 8.13. The summed E-state index contributed by atoms with van der Waals surface area (Å²) in [6, 6.07) is 8.30. The molecule has 0 radical (unpaired) electrons. The smallest absolute Gasteiger partial charge is 0.167 e. The summed E-state index contributed by atoms with van der Waals surface area (Å²) >= 11 is 1.42. The molecule has 0 saturated carbocycles. The Morgan fingerprint density at radius 2 is 2.00 bits per heavy atom. The first-order valence-corrected chi connectivity index (χ1v) is 9.72. The molecule has 3 aromatic rings. The number of rotatable bonds is 4. The van der Waals surface area contributed by atoms with Crippen molar-refractivity contribution in [2.24, 2.45) is 7.05 Å². The van der Waals surface area contributed by atoms with Gasteiger partial charge in [-0.3, -0.25) is 9.48 Å². The SMILES string of the molecule is CN1C(=CC(=O)CSc2ncnc3c2cnn3C)C(C)(C)c2ccccc21. The van der Waals surface area contributed by atoms with Crippen LogP contribution in [0.3, 0.4) is 0 Å². The molecule has 0 aliphatic carbocycles. The van der Waals surface area contributed by atoms with Crippen molar-refractivity contribution in [1.29, 1.82) is 0 Å².